The molecule has 3 aromatic rings. The first-order valence-corrected chi connectivity index (χ1v) is 9.93. The smallest absolute Gasteiger partial charge is 0.408 e. The highest BCUT2D eigenvalue weighted by Gasteiger charge is 2.28. The molecular formula is C21H22N6O4. The molecule has 2 aromatic heterocycles. The first-order valence-electron chi connectivity index (χ1n) is 9.93. The van der Waals surface area contributed by atoms with Crippen LogP contribution in [-0.2, 0) is 23.0 Å². The number of rotatable bonds is 5. The molecule has 1 aromatic carbocycles. The highest BCUT2D eigenvalue weighted by molar-refractivity contribution is 5.80. The number of carbonyl (C=O) groups excluding carboxylic acids is 1. The lowest BCUT2D eigenvalue weighted by molar-refractivity contribution is -0.129. The molecule has 0 radical (unpaired) electrons. The van der Waals surface area contributed by atoms with E-state index in [2.05, 4.69) is 16.3 Å². The molecule has 1 aliphatic heterocycles. The molecule has 1 aliphatic rings. The van der Waals surface area contributed by atoms with E-state index in [0.29, 0.717) is 48.5 Å². The predicted molar refractivity (Wildman–Crippen MR) is 111 cm³/mol. The Morgan fingerprint density at radius 2 is 2.19 bits per heavy atom. The Labute approximate surface area is 177 Å². The normalized spacial score (nSPS) is 18.4. The van der Waals surface area contributed by atoms with Gasteiger partial charge in [0.25, 0.3) is 0 Å². The van der Waals surface area contributed by atoms with Crippen LogP contribution < -0.4 is 11.5 Å². The average Bonchev–Trinajstić information content (AvgIpc) is 2.94. The zero-order valence-electron chi connectivity index (χ0n) is 17.0. The van der Waals surface area contributed by atoms with Gasteiger partial charge in [0.15, 0.2) is 5.58 Å². The summed E-state index contributed by atoms with van der Waals surface area (Å²) in [5, 5.41) is 18.3. The SMILES string of the molecule is Cn1c(=O)oc2ccc(-c3ccc(C[C@@H](C#N)N4CCCO[C@H](C(N)=O)C4)nn3)cc21. The number of aryl methyl sites for hydroxylation is 1. The van der Waals surface area contributed by atoms with Crippen LogP contribution in [0, 0.1) is 11.3 Å². The van der Waals surface area contributed by atoms with Crippen molar-refractivity contribution < 1.29 is 13.9 Å². The fraction of sp³-hybridized carbons (Fsp3) is 0.381. The molecule has 1 fully saturated rings. The minimum atomic E-state index is -0.722. The largest absolute Gasteiger partial charge is 0.419 e. The number of amides is 1. The number of benzene rings is 1. The lowest BCUT2D eigenvalue weighted by Gasteiger charge is -2.26. The molecule has 3 heterocycles. The molecule has 4 rings (SSSR count). The van der Waals surface area contributed by atoms with Crippen LogP contribution in [0.2, 0.25) is 0 Å². The summed E-state index contributed by atoms with van der Waals surface area (Å²) in [7, 11) is 1.64. The Balaban J connectivity index is 1.51. The van der Waals surface area contributed by atoms with E-state index in [9.17, 15) is 14.9 Å². The van der Waals surface area contributed by atoms with Crippen molar-refractivity contribution in [2.75, 3.05) is 19.7 Å². The van der Waals surface area contributed by atoms with E-state index >= 15 is 0 Å². The predicted octanol–water partition coefficient (Wildman–Crippen LogP) is 0.599. The van der Waals surface area contributed by atoms with Gasteiger partial charge in [0.1, 0.15) is 12.1 Å². The first-order chi connectivity index (χ1) is 15.0. The molecule has 0 aliphatic carbocycles. The van der Waals surface area contributed by atoms with Crippen molar-refractivity contribution >= 4 is 17.0 Å². The standard InChI is InChI=1S/C21H22N6O4/c1-26-17-9-13(3-6-18(17)31-21(26)29)16-5-4-14(24-25-16)10-15(11-22)27-7-2-8-30-19(12-27)20(23)28/h3-6,9,15,19H,2,7-8,10,12H2,1H3,(H2,23,28)/t15-,19-/m0/s1. The highest BCUT2D eigenvalue weighted by Crippen LogP contribution is 2.22. The molecule has 10 heteroatoms. The van der Waals surface area contributed by atoms with Crippen molar-refractivity contribution in [2.45, 2.75) is 25.0 Å². The van der Waals surface area contributed by atoms with Crippen LogP contribution >= 0.6 is 0 Å². The third-order valence-corrected chi connectivity index (χ3v) is 5.43. The third kappa shape index (κ3) is 4.33. The van der Waals surface area contributed by atoms with Gasteiger partial charge in [-0.1, -0.05) is 0 Å². The maximum Gasteiger partial charge on any atom is 0.419 e. The van der Waals surface area contributed by atoms with Crippen LogP contribution in [0.4, 0.5) is 0 Å². The zero-order chi connectivity index (χ0) is 22.0. The van der Waals surface area contributed by atoms with Crippen LogP contribution in [0.5, 0.6) is 0 Å². The van der Waals surface area contributed by atoms with Gasteiger partial charge in [-0.3, -0.25) is 14.3 Å². The zero-order valence-corrected chi connectivity index (χ0v) is 17.0. The quantitative estimate of drug-likeness (QED) is 0.630. The molecule has 1 amide bonds. The summed E-state index contributed by atoms with van der Waals surface area (Å²) >= 11 is 0. The molecule has 160 valence electrons. The van der Waals surface area contributed by atoms with Crippen LogP contribution in [0.25, 0.3) is 22.4 Å². The van der Waals surface area contributed by atoms with Gasteiger partial charge in [-0.2, -0.15) is 15.5 Å². The molecule has 0 unspecified atom stereocenters. The van der Waals surface area contributed by atoms with Crippen LogP contribution in [0.1, 0.15) is 12.1 Å². The number of aromatic nitrogens is 3. The maximum atomic E-state index is 11.7. The van der Waals surface area contributed by atoms with Crippen LogP contribution in [-0.4, -0.2) is 57.4 Å². The van der Waals surface area contributed by atoms with Crippen LogP contribution in [0.3, 0.4) is 0 Å². The molecule has 10 nitrogen and oxygen atoms in total. The Bertz CT molecular complexity index is 1190. The van der Waals surface area contributed by atoms with Crippen molar-refractivity contribution in [3.05, 3.63) is 46.6 Å². The number of carbonyl (C=O) groups is 1. The van der Waals surface area contributed by atoms with Gasteiger partial charge >= 0.3 is 5.76 Å². The Morgan fingerprint density at radius 3 is 2.90 bits per heavy atom. The monoisotopic (exact) mass is 422 g/mol. The van der Waals surface area contributed by atoms with Crippen molar-refractivity contribution in [3.8, 4) is 17.3 Å². The summed E-state index contributed by atoms with van der Waals surface area (Å²) in [6.07, 6.45) is 0.358. The number of fused-ring (bicyclic) bond motifs is 1. The summed E-state index contributed by atoms with van der Waals surface area (Å²) in [4.78, 5) is 25.1. The lowest BCUT2D eigenvalue weighted by Crippen LogP contribution is -2.45. The number of oxazole rings is 1. The Kier molecular flexibility index (Phi) is 5.79. The molecular weight excluding hydrogens is 400 g/mol. The van der Waals surface area contributed by atoms with Crippen LogP contribution in [0.15, 0.2) is 39.5 Å². The van der Waals surface area contributed by atoms with Crippen molar-refractivity contribution in [3.63, 3.8) is 0 Å². The number of nitriles is 1. The fourth-order valence-corrected chi connectivity index (χ4v) is 3.67. The van der Waals surface area contributed by atoms with E-state index in [-0.39, 0.29) is 6.54 Å². The molecule has 2 N–H and O–H groups in total. The van der Waals surface area contributed by atoms with Crippen molar-refractivity contribution in [1.29, 1.82) is 5.26 Å². The summed E-state index contributed by atoms with van der Waals surface area (Å²) in [5.41, 5.74) is 8.67. The number of ether oxygens (including phenoxy) is 1. The van der Waals surface area contributed by atoms with Crippen molar-refractivity contribution in [2.24, 2.45) is 12.8 Å². The molecule has 0 spiro atoms. The van der Waals surface area contributed by atoms with E-state index in [0.717, 1.165) is 5.56 Å². The summed E-state index contributed by atoms with van der Waals surface area (Å²) < 4.78 is 12.0. The molecule has 1 saturated heterocycles. The highest BCUT2D eigenvalue weighted by atomic mass is 16.5. The van der Waals surface area contributed by atoms with E-state index in [1.807, 2.05) is 29.2 Å². The van der Waals surface area contributed by atoms with Crippen molar-refractivity contribution in [1.82, 2.24) is 19.7 Å². The van der Waals surface area contributed by atoms with Gasteiger partial charge in [0, 0.05) is 38.7 Å². The first kappa shape index (κ1) is 20.7. The maximum absolute atomic E-state index is 11.7. The van der Waals surface area contributed by atoms with E-state index in [4.69, 9.17) is 14.9 Å². The van der Waals surface area contributed by atoms with E-state index in [1.165, 1.54) is 4.57 Å². The Morgan fingerprint density at radius 1 is 1.35 bits per heavy atom. The third-order valence-electron chi connectivity index (χ3n) is 5.43. The molecule has 0 saturated carbocycles. The van der Waals surface area contributed by atoms with E-state index in [1.54, 1.807) is 13.1 Å². The number of nitrogens with two attached hydrogens (primary N) is 1. The average molecular weight is 422 g/mol. The second-order valence-electron chi connectivity index (χ2n) is 7.48. The molecule has 0 bridgehead atoms. The fourth-order valence-electron chi connectivity index (χ4n) is 3.67. The summed E-state index contributed by atoms with van der Waals surface area (Å²) in [6.45, 7) is 1.35. The summed E-state index contributed by atoms with van der Waals surface area (Å²) in [6, 6.07) is 10.8. The van der Waals surface area contributed by atoms with E-state index < -0.39 is 23.8 Å². The van der Waals surface area contributed by atoms with Gasteiger partial charge in [-0.25, -0.2) is 4.79 Å². The number of nitrogens with zero attached hydrogens (tertiary/aromatic N) is 5. The topological polar surface area (TPSA) is 140 Å². The van der Waals surface area contributed by atoms with Gasteiger partial charge in [0.05, 0.1) is 23.0 Å². The number of hydrogen-bond acceptors (Lipinski definition) is 8. The molecule has 2 atom stereocenters. The van der Waals surface area contributed by atoms with Gasteiger partial charge < -0.3 is 14.9 Å². The summed E-state index contributed by atoms with van der Waals surface area (Å²) in [5.74, 6) is -0.951. The minimum Gasteiger partial charge on any atom is -0.408 e. The Hall–Kier alpha value is -3.55. The number of hydrogen-bond donors (Lipinski definition) is 1. The van der Waals surface area contributed by atoms with Gasteiger partial charge in [0.2, 0.25) is 5.91 Å². The van der Waals surface area contributed by atoms with Gasteiger partial charge in [-0.05, 0) is 36.8 Å². The minimum absolute atomic E-state index is 0.280. The second kappa shape index (κ2) is 8.67. The second-order valence-corrected chi connectivity index (χ2v) is 7.48. The van der Waals surface area contributed by atoms with Gasteiger partial charge in [-0.15, -0.1) is 0 Å². The number of primary amides is 1. The lowest BCUT2D eigenvalue weighted by atomic mass is 10.1. The molecule has 31 heavy (non-hydrogen) atoms.